The second kappa shape index (κ2) is 7.76. The molecule has 0 radical (unpaired) electrons. The number of carbonyl (C=O) groups is 1. The standard InChI is InChI=1S/C25H22FN3O3/c1-3-28-21-7-5-4-6-16(21)17-12-15(8-9-22(17)28)24-27-20-13-18(25(30)31)19(26)14-23(20)29(24)10-11-32-2/h4-9,12-14H,3,10-11H2,1-2H3,(H,30,31). The Bertz CT molecular complexity index is 1500. The first-order valence-electron chi connectivity index (χ1n) is 10.5. The maximum Gasteiger partial charge on any atom is 0.338 e. The van der Waals surface area contributed by atoms with Crippen LogP contribution >= 0.6 is 0 Å². The molecule has 0 amide bonds. The summed E-state index contributed by atoms with van der Waals surface area (Å²) >= 11 is 0. The Hall–Kier alpha value is -3.71. The summed E-state index contributed by atoms with van der Waals surface area (Å²) in [5.41, 5.74) is 3.77. The largest absolute Gasteiger partial charge is 0.478 e. The average Bonchev–Trinajstić information content (AvgIpc) is 3.31. The highest BCUT2D eigenvalue weighted by atomic mass is 19.1. The molecule has 5 rings (SSSR count). The van der Waals surface area contributed by atoms with Crippen molar-refractivity contribution in [3.8, 4) is 11.4 Å². The Morgan fingerprint density at radius 1 is 1.03 bits per heavy atom. The van der Waals surface area contributed by atoms with Crippen molar-refractivity contribution in [1.29, 1.82) is 0 Å². The van der Waals surface area contributed by atoms with Gasteiger partial charge in [0.25, 0.3) is 0 Å². The van der Waals surface area contributed by atoms with E-state index >= 15 is 0 Å². The van der Waals surface area contributed by atoms with Gasteiger partial charge in [0.05, 0.1) is 23.2 Å². The first kappa shape index (κ1) is 20.2. The Morgan fingerprint density at radius 2 is 1.81 bits per heavy atom. The van der Waals surface area contributed by atoms with Crippen LogP contribution in [0.25, 0.3) is 44.2 Å². The minimum atomic E-state index is -1.31. The summed E-state index contributed by atoms with van der Waals surface area (Å²) in [6.07, 6.45) is 0. The number of carboxylic acid groups (broad SMARTS) is 1. The number of fused-ring (bicyclic) bond motifs is 4. The summed E-state index contributed by atoms with van der Waals surface area (Å²) in [5, 5.41) is 11.6. The second-order valence-electron chi connectivity index (χ2n) is 7.70. The van der Waals surface area contributed by atoms with Crippen LogP contribution in [0.4, 0.5) is 4.39 Å². The number of aromatic carboxylic acids is 1. The van der Waals surface area contributed by atoms with E-state index in [0.29, 0.717) is 30.0 Å². The van der Waals surface area contributed by atoms with Crippen molar-refractivity contribution in [2.75, 3.05) is 13.7 Å². The SMILES string of the molecule is CCn1c2ccccc2c2cc(-c3nc4cc(C(=O)O)c(F)cc4n3CCOC)ccc21. The lowest BCUT2D eigenvalue weighted by Gasteiger charge is -2.10. The fourth-order valence-corrected chi connectivity index (χ4v) is 4.47. The van der Waals surface area contributed by atoms with E-state index in [1.807, 2.05) is 22.8 Å². The molecule has 162 valence electrons. The Kier molecular flexibility index (Phi) is 4.90. The zero-order valence-electron chi connectivity index (χ0n) is 17.8. The van der Waals surface area contributed by atoms with E-state index in [1.165, 1.54) is 17.6 Å². The quantitative estimate of drug-likeness (QED) is 0.395. The number of rotatable bonds is 6. The van der Waals surface area contributed by atoms with Gasteiger partial charge in [-0.25, -0.2) is 14.2 Å². The number of imidazole rings is 1. The minimum absolute atomic E-state index is 0.387. The molecule has 0 bridgehead atoms. The van der Waals surface area contributed by atoms with E-state index in [0.717, 1.165) is 28.4 Å². The molecule has 2 aromatic heterocycles. The minimum Gasteiger partial charge on any atom is -0.478 e. The molecule has 3 aromatic carbocycles. The molecule has 0 spiro atoms. The van der Waals surface area contributed by atoms with Gasteiger partial charge in [-0.3, -0.25) is 0 Å². The number of methoxy groups -OCH3 is 1. The lowest BCUT2D eigenvalue weighted by atomic mass is 10.1. The predicted molar refractivity (Wildman–Crippen MR) is 123 cm³/mol. The van der Waals surface area contributed by atoms with Gasteiger partial charge in [-0.15, -0.1) is 0 Å². The Labute approximate surface area is 183 Å². The molecule has 0 saturated carbocycles. The number of hydrogen-bond donors (Lipinski definition) is 1. The van der Waals surface area contributed by atoms with E-state index in [-0.39, 0.29) is 5.56 Å². The van der Waals surface area contributed by atoms with Gasteiger partial charge in [-0.05, 0) is 37.3 Å². The van der Waals surface area contributed by atoms with Crippen LogP contribution in [0.15, 0.2) is 54.6 Å². The number of hydrogen-bond acceptors (Lipinski definition) is 3. The molecule has 0 fully saturated rings. The molecule has 0 aliphatic carbocycles. The lowest BCUT2D eigenvalue weighted by Crippen LogP contribution is -2.07. The number of aryl methyl sites for hydroxylation is 1. The van der Waals surface area contributed by atoms with Gasteiger partial charge < -0.3 is 19.0 Å². The normalized spacial score (nSPS) is 11.7. The van der Waals surface area contributed by atoms with E-state index < -0.39 is 11.8 Å². The molecule has 2 heterocycles. The van der Waals surface area contributed by atoms with E-state index in [2.05, 4.69) is 35.8 Å². The van der Waals surface area contributed by atoms with Crippen molar-refractivity contribution >= 4 is 38.8 Å². The number of halogens is 1. The first-order chi connectivity index (χ1) is 15.5. The van der Waals surface area contributed by atoms with Gasteiger partial charge >= 0.3 is 5.97 Å². The maximum absolute atomic E-state index is 14.5. The molecule has 5 aromatic rings. The van der Waals surface area contributed by atoms with E-state index in [1.54, 1.807) is 7.11 Å². The van der Waals surface area contributed by atoms with Crippen LogP contribution in [0.1, 0.15) is 17.3 Å². The van der Waals surface area contributed by atoms with Crippen LogP contribution in [0.2, 0.25) is 0 Å². The van der Waals surface area contributed by atoms with Gasteiger partial charge in [0.2, 0.25) is 0 Å². The van der Waals surface area contributed by atoms with Gasteiger partial charge in [-0.1, -0.05) is 18.2 Å². The van der Waals surface area contributed by atoms with Crippen LogP contribution in [0, 0.1) is 5.82 Å². The third-order valence-electron chi connectivity index (χ3n) is 5.93. The molecule has 0 unspecified atom stereocenters. The van der Waals surface area contributed by atoms with Crippen LogP contribution in [0.3, 0.4) is 0 Å². The number of nitrogens with zero attached hydrogens (tertiary/aromatic N) is 3. The third-order valence-corrected chi connectivity index (χ3v) is 5.93. The summed E-state index contributed by atoms with van der Waals surface area (Å²) in [4.78, 5) is 16.1. The number of benzene rings is 3. The van der Waals surface area contributed by atoms with Gasteiger partial charge in [0.15, 0.2) is 0 Å². The maximum atomic E-state index is 14.5. The number of para-hydroxylation sites is 1. The summed E-state index contributed by atoms with van der Waals surface area (Å²) in [5.74, 6) is -1.45. The molecule has 0 aliphatic rings. The lowest BCUT2D eigenvalue weighted by molar-refractivity contribution is 0.0692. The van der Waals surface area contributed by atoms with Crippen molar-refractivity contribution in [2.45, 2.75) is 20.0 Å². The highest BCUT2D eigenvalue weighted by molar-refractivity contribution is 6.09. The zero-order chi connectivity index (χ0) is 22.4. The highest BCUT2D eigenvalue weighted by Gasteiger charge is 2.19. The van der Waals surface area contributed by atoms with Crippen molar-refractivity contribution in [1.82, 2.24) is 14.1 Å². The summed E-state index contributed by atoms with van der Waals surface area (Å²) in [7, 11) is 1.60. The topological polar surface area (TPSA) is 69.3 Å². The number of aromatic nitrogens is 3. The van der Waals surface area contributed by atoms with Crippen LogP contribution in [-0.4, -0.2) is 38.9 Å². The molecule has 32 heavy (non-hydrogen) atoms. The fraction of sp³-hybridized carbons (Fsp3) is 0.200. The molecule has 7 heteroatoms. The van der Waals surface area contributed by atoms with Gasteiger partial charge in [0, 0.05) is 53.6 Å². The summed E-state index contributed by atoms with van der Waals surface area (Å²) in [6.45, 7) is 3.85. The molecule has 0 aliphatic heterocycles. The Balaban J connectivity index is 1.77. The third kappa shape index (κ3) is 3.05. The Morgan fingerprint density at radius 3 is 2.56 bits per heavy atom. The molecular formula is C25H22FN3O3. The van der Waals surface area contributed by atoms with Crippen molar-refractivity contribution < 1.29 is 19.0 Å². The molecule has 1 N–H and O–H groups in total. The molecular weight excluding hydrogens is 409 g/mol. The fourth-order valence-electron chi connectivity index (χ4n) is 4.47. The van der Waals surface area contributed by atoms with Crippen LogP contribution < -0.4 is 0 Å². The van der Waals surface area contributed by atoms with E-state index in [4.69, 9.17) is 9.72 Å². The molecule has 0 atom stereocenters. The highest BCUT2D eigenvalue weighted by Crippen LogP contribution is 2.34. The van der Waals surface area contributed by atoms with Gasteiger partial charge in [-0.2, -0.15) is 0 Å². The van der Waals surface area contributed by atoms with E-state index in [9.17, 15) is 14.3 Å². The summed E-state index contributed by atoms with van der Waals surface area (Å²) < 4.78 is 23.9. The average molecular weight is 431 g/mol. The first-order valence-corrected chi connectivity index (χ1v) is 10.5. The van der Waals surface area contributed by atoms with Crippen LogP contribution in [0.5, 0.6) is 0 Å². The van der Waals surface area contributed by atoms with Crippen molar-refractivity contribution in [2.24, 2.45) is 0 Å². The monoisotopic (exact) mass is 431 g/mol. The summed E-state index contributed by atoms with van der Waals surface area (Å²) in [6, 6.07) is 17.0. The smallest absolute Gasteiger partial charge is 0.338 e. The van der Waals surface area contributed by atoms with Crippen LogP contribution in [-0.2, 0) is 17.8 Å². The number of ether oxygens (including phenoxy) is 1. The number of carboxylic acids is 1. The van der Waals surface area contributed by atoms with Crippen molar-refractivity contribution in [3.05, 3.63) is 66.0 Å². The molecule has 0 saturated heterocycles. The predicted octanol–water partition coefficient (Wildman–Crippen LogP) is 5.31. The molecule has 6 nitrogen and oxygen atoms in total. The van der Waals surface area contributed by atoms with Crippen molar-refractivity contribution in [3.63, 3.8) is 0 Å². The zero-order valence-corrected chi connectivity index (χ0v) is 17.8. The van der Waals surface area contributed by atoms with Gasteiger partial charge in [0.1, 0.15) is 11.6 Å². The second-order valence-corrected chi connectivity index (χ2v) is 7.70.